The number of nitrogens with one attached hydrogen (secondary N) is 2. The van der Waals surface area contributed by atoms with Crippen LogP contribution in [0.5, 0.6) is 0 Å². The summed E-state index contributed by atoms with van der Waals surface area (Å²) in [7, 11) is -3.60. The van der Waals surface area contributed by atoms with Gasteiger partial charge in [-0.3, -0.25) is 4.79 Å². The highest BCUT2D eigenvalue weighted by atomic mass is 32.2. The van der Waals surface area contributed by atoms with Crippen LogP contribution in [-0.2, 0) is 14.8 Å². The molecule has 1 saturated heterocycles. The maximum atomic E-state index is 12.5. The number of rotatable bonds is 5. The van der Waals surface area contributed by atoms with Crippen LogP contribution in [0.2, 0.25) is 0 Å². The molecule has 1 amide bonds. The van der Waals surface area contributed by atoms with E-state index < -0.39 is 10.0 Å². The SMILES string of the molecule is CCCNc1ccc(S(=O)(=O)N2CCNC(=O)CC2)cn1. The second-order valence-corrected chi connectivity index (χ2v) is 6.75. The van der Waals surface area contributed by atoms with E-state index in [2.05, 4.69) is 15.6 Å². The minimum Gasteiger partial charge on any atom is -0.370 e. The van der Waals surface area contributed by atoms with E-state index in [1.807, 2.05) is 6.92 Å². The summed E-state index contributed by atoms with van der Waals surface area (Å²) in [5.74, 6) is 0.536. The molecule has 0 atom stereocenters. The lowest BCUT2D eigenvalue weighted by molar-refractivity contribution is -0.120. The van der Waals surface area contributed by atoms with Gasteiger partial charge in [0.05, 0.1) is 0 Å². The number of hydrogen-bond acceptors (Lipinski definition) is 5. The fourth-order valence-corrected chi connectivity index (χ4v) is 3.41. The third-order valence-electron chi connectivity index (χ3n) is 3.20. The number of sulfonamides is 1. The van der Waals surface area contributed by atoms with Gasteiger partial charge in [0.15, 0.2) is 0 Å². The number of carbonyl (C=O) groups is 1. The van der Waals surface area contributed by atoms with Gasteiger partial charge in [0.2, 0.25) is 15.9 Å². The molecule has 0 bridgehead atoms. The second-order valence-electron chi connectivity index (χ2n) is 4.81. The summed E-state index contributed by atoms with van der Waals surface area (Å²) in [6.07, 6.45) is 2.51. The van der Waals surface area contributed by atoms with Crippen molar-refractivity contribution in [3.63, 3.8) is 0 Å². The summed E-state index contributed by atoms with van der Waals surface area (Å²) < 4.78 is 26.3. The van der Waals surface area contributed by atoms with Gasteiger partial charge < -0.3 is 10.6 Å². The Morgan fingerprint density at radius 2 is 2.19 bits per heavy atom. The van der Waals surface area contributed by atoms with Gasteiger partial charge in [-0.2, -0.15) is 4.31 Å². The van der Waals surface area contributed by atoms with E-state index in [4.69, 9.17) is 0 Å². The number of aromatic nitrogens is 1. The fraction of sp³-hybridized carbons (Fsp3) is 0.538. The van der Waals surface area contributed by atoms with Crippen molar-refractivity contribution in [3.8, 4) is 0 Å². The molecule has 1 aliphatic heterocycles. The molecular formula is C13H20N4O3S. The molecule has 21 heavy (non-hydrogen) atoms. The van der Waals surface area contributed by atoms with Crippen LogP contribution in [0.25, 0.3) is 0 Å². The predicted octanol–water partition coefficient (Wildman–Crippen LogP) is 0.414. The zero-order valence-corrected chi connectivity index (χ0v) is 12.8. The molecule has 7 nitrogen and oxygen atoms in total. The Balaban J connectivity index is 2.13. The molecular weight excluding hydrogens is 292 g/mol. The zero-order valence-electron chi connectivity index (χ0n) is 12.0. The number of nitrogens with zero attached hydrogens (tertiary/aromatic N) is 2. The molecule has 0 saturated carbocycles. The lowest BCUT2D eigenvalue weighted by Gasteiger charge is -2.19. The zero-order chi connectivity index (χ0) is 15.3. The van der Waals surface area contributed by atoms with Crippen LogP contribution in [0.1, 0.15) is 19.8 Å². The van der Waals surface area contributed by atoms with Crippen LogP contribution in [0.3, 0.4) is 0 Å². The Labute approximate surface area is 124 Å². The molecule has 116 valence electrons. The van der Waals surface area contributed by atoms with Crippen molar-refractivity contribution >= 4 is 21.7 Å². The topological polar surface area (TPSA) is 91.4 Å². The monoisotopic (exact) mass is 312 g/mol. The molecule has 0 radical (unpaired) electrons. The third-order valence-corrected chi connectivity index (χ3v) is 5.08. The highest BCUT2D eigenvalue weighted by Crippen LogP contribution is 2.17. The number of pyridine rings is 1. The average molecular weight is 312 g/mol. The summed E-state index contributed by atoms with van der Waals surface area (Å²) in [4.78, 5) is 15.6. The molecule has 2 N–H and O–H groups in total. The van der Waals surface area contributed by atoms with Crippen LogP contribution in [0, 0.1) is 0 Å². The predicted molar refractivity (Wildman–Crippen MR) is 79.4 cm³/mol. The van der Waals surface area contributed by atoms with Crippen LogP contribution < -0.4 is 10.6 Å². The van der Waals surface area contributed by atoms with Gasteiger partial charge in [0.25, 0.3) is 0 Å². The quantitative estimate of drug-likeness (QED) is 0.822. The van der Waals surface area contributed by atoms with Crippen LogP contribution in [-0.4, -0.2) is 49.8 Å². The van der Waals surface area contributed by atoms with Gasteiger partial charge in [-0.1, -0.05) is 6.92 Å². The number of anilines is 1. The molecule has 2 rings (SSSR count). The van der Waals surface area contributed by atoms with Gasteiger partial charge in [-0.05, 0) is 18.6 Å². The molecule has 0 spiro atoms. The third kappa shape index (κ3) is 3.92. The minimum atomic E-state index is -3.60. The van der Waals surface area contributed by atoms with Crippen LogP contribution >= 0.6 is 0 Å². The van der Waals surface area contributed by atoms with E-state index in [0.717, 1.165) is 13.0 Å². The summed E-state index contributed by atoms with van der Waals surface area (Å²) in [5.41, 5.74) is 0. The van der Waals surface area contributed by atoms with E-state index >= 15 is 0 Å². The molecule has 1 aromatic rings. The summed E-state index contributed by atoms with van der Waals surface area (Å²) in [6, 6.07) is 3.20. The van der Waals surface area contributed by atoms with Crippen LogP contribution in [0.4, 0.5) is 5.82 Å². The first-order valence-electron chi connectivity index (χ1n) is 7.01. The van der Waals surface area contributed by atoms with Gasteiger partial charge in [-0.15, -0.1) is 0 Å². The summed E-state index contributed by atoms with van der Waals surface area (Å²) in [5, 5.41) is 5.75. The highest BCUT2D eigenvalue weighted by molar-refractivity contribution is 7.89. The Hall–Kier alpha value is -1.67. The Bertz CT molecular complexity index is 586. The molecule has 8 heteroatoms. The number of amides is 1. The Morgan fingerprint density at radius 3 is 2.86 bits per heavy atom. The van der Waals surface area contributed by atoms with Crippen molar-refractivity contribution in [1.29, 1.82) is 0 Å². The van der Waals surface area contributed by atoms with Gasteiger partial charge >= 0.3 is 0 Å². The van der Waals surface area contributed by atoms with Crippen molar-refractivity contribution in [2.45, 2.75) is 24.7 Å². The molecule has 2 heterocycles. The number of hydrogen-bond donors (Lipinski definition) is 2. The normalized spacial score (nSPS) is 17.1. The molecule has 0 aliphatic carbocycles. The van der Waals surface area contributed by atoms with Gasteiger partial charge in [0, 0.05) is 38.8 Å². The standard InChI is InChI=1S/C13H20N4O3S/c1-2-6-14-12-4-3-11(10-16-12)21(19,20)17-8-5-13(18)15-7-9-17/h3-4,10H,2,5-9H2,1H3,(H,14,16)(H,15,18). The van der Waals surface area contributed by atoms with Crippen molar-refractivity contribution in [3.05, 3.63) is 18.3 Å². The van der Waals surface area contributed by atoms with Crippen LogP contribution in [0.15, 0.2) is 23.2 Å². The smallest absolute Gasteiger partial charge is 0.244 e. The lowest BCUT2D eigenvalue weighted by Crippen LogP contribution is -2.34. The molecule has 1 aromatic heterocycles. The maximum Gasteiger partial charge on any atom is 0.244 e. The van der Waals surface area contributed by atoms with Gasteiger partial charge in [-0.25, -0.2) is 13.4 Å². The largest absolute Gasteiger partial charge is 0.370 e. The van der Waals surface area contributed by atoms with Gasteiger partial charge in [0.1, 0.15) is 10.7 Å². The van der Waals surface area contributed by atoms with Crippen molar-refractivity contribution in [2.75, 3.05) is 31.5 Å². The molecule has 1 aliphatic rings. The molecule has 0 unspecified atom stereocenters. The summed E-state index contributed by atoms with van der Waals surface area (Å²) >= 11 is 0. The highest BCUT2D eigenvalue weighted by Gasteiger charge is 2.26. The van der Waals surface area contributed by atoms with E-state index in [9.17, 15) is 13.2 Å². The first-order valence-corrected chi connectivity index (χ1v) is 8.45. The van der Waals surface area contributed by atoms with Crippen molar-refractivity contribution < 1.29 is 13.2 Å². The van der Waals surface area contributed by atoms with E-state index in [0.29, 0.717) is 12.4 Å². The maximum absolute atomic E-state index is 12.5. The number of carbonyl (C=O) groups excluding carboxylic acids is 1. The second kappa shape index (κ2) is 6.86. The van der Waals surface area contributed by atoms with E-state index in [1.165, 1.54) is 10.5 Å². The first-order chi connectivity index (χ1) is 10.0. The van der Waals surface area contributed by atoms with E-state index in [1.54, 1.807) is 12.1 Å². The average Bonchev–Trinajstić information content (AvgIpc) is 2.70. The van der Waals surface area contributed by atoms with E-state index in [-0.39, 0.29) is 30.3 Å². The minimum absolute atomic E-state index is 0.120. The Kier molecular flexibility index (Phi) is 5.13. The molecule has 0 aromatic carbocycles. The summed E-state index contributed by atoms with van der Waals surface area (Å²) in [6.45, 7) is 3.65. The first kappa shape index (κ1) is 15.7. The Morgan fingerprint density at radius 1 is 1.38 bits per heavy atom. The fourth-order valence-electron chi connectivity index (χ4n) is 2.03. The lowest BCUT2D eigenvalue weighted by atomic mass is 10.4. The molecule has 1 fully saturated rings. The van der Waals surface area contributed by atoms with Crippen molar-refractivity contribution in [1.82, 2.24) is 14.6 Å². The van der Waals surface area contributed by atoms with Crippen molar-refractivity contribution in [2.24, 2.45) is 0 Å².